The highest BCUT2D eigenvalue weighted by Gasteiger charge is 2.05. The second-order valence-corrected chi connectivity index (χ2v) is 4.56. The SMILES string of the molecule is O=C(O)NCCOCCOCCn1c(=O)[nH]c2ccccc21. The van der Waals surface area contributed by atoms with Crippen molar-refractivity contribution in [1.82, 2.24) is 14.9 Å². The number of nitrogens with one attached hydrogen (secondary N) is 2. The lowest BCUT2D eigenvalue weighted by Crippen LogP contribution is -2.25. The molecule has 2 rings (SSSR count). The van der Waals surface area contributed by atoms with E-state index in [0.717, 1.165) is 11.0 Å². The van der Waals surface area contributed by atoms with E-state index in [1.807, 2.05) is 24.3 Å². The molecule has 22 heavy (non-hydrogen) atoms. The van der Waals surface area contributed by atoms with Crippen LogP contribution in [0.15, 0.2) is 29.1 Å². The molecule has 0 aliphatic rings. The van der Waals surface area contributed by atoms with Crippen LogP contribution in [0.1, 0.15) is 0 Å². The summed E-state index contributed by atoms with van der Waals surface area (Å²) in [6.07, 6.45) is -1.07. The number of amides is 1. The van der Waals surface area contributed by atoms with E-state index in [1.165, 1.54) is 0 Å². The first-order valence-electron chi connectivity index (χ1n) is 6.98. The molecule has 0 aliphatic heterocycles. The minimum atomic E-state index is -1.07. The minimum Gasteiger partial charge on any atom is -0.465 e. The molecule has 2 aromatic rings. The van der Waals surface area contributed by atoms with Gasteiger partial charge in [-0.15, -0.1) is 0 Å². The predicted molar refractivity (Wildman–Crippen MR) is 80.2 cm³/mol. The van der Waals surface area contributed by atoms with Crippen molar-refractivity contribution in [3.63, 3.8) is 0 Å². The van der Waals surface area contributed by atoms with Gasteiger partial charge in [0.25, 0.3) is 0 Å². The molecule has 120 valence electrons. The molecule has 0 saturated heterocycles. The molecule has 1 aromatic heterocycles. The maximum absolute atomic E-state index is 11.8. The number of hydrogen-bond acceptors (Lipinski definition) is 4. The van der Waals surface area contributed by atoms with E-state index < -0.39 is 6.09 Å². The number of aromatic amines is 1. The van der Waals surface area contributed by atoms with Gasteiger partial charge in [0.2, 0.25) is 0 Å². The lowest BCUT2D eigenvalue weighted by atomic mass is 10.3. The number of aromatic nitrogens is 2. The molecule has 0 aliphatic carbocycles. The number of ether oxygens (including phenoxy) is 2. The van der Waals surface area contributed by atoms with Crippen LogP contribution in [0.25, 0.3) is 11.0 Å². The summed E-state index contributed by atoms with van der Waals surface area (Å²) in [4.78, 5) is 24.8. The molecule has 0 fully saturated rings. The van der Waals surface area contributed by atoms with Crippen LogP contribution >= 0.6 is 0 Å². The second kappa shape index (κ2) is 8.20. The number of fused-ring (bicyclic) bond motifs is 1. The number of rotatable bonds is 9. The Hall–Kier alpha value is -2.32. The minimum absolute atomic E-state index is 0.152. The second-order valence-electron chi connectivity index (χ2n) is 4.56. The Bertz CT molecular complexity index is 664. The van der Waals surface area contributed by atoms with Crippen molar-refractivity contribution in [3.05, 3.63) is 34.7 Å². The van der Waals surface area contributed by atoms with Gasteiger partial charge in [-0.05, 0) is 12.1 Å². The topological polar surface area (TPSA) is 106 Å². The van der Waals surface area contributed by atoms with Crippen molar-refractivity contribution in [2.75, 3.05) is 33.0 Å². The lowest BCUT2D eigenvalue weighted by Gasteiger charge is -2.06. The van der Waals surface area contributed by atoms with Crippen molar-refractivity contribution < 1.29 is 19.4 Å². The highest BCUT2D eigenvalue weighted by Crippen LogP contribution is 2.08. The highest BCUT2D eigenvalue weighted by molar-refractivity contribution is 5.74. The van der Waals surface area contributed by atoms with Crippen molar-refractivity contribution >= 4 is 17.1 Å². The Morgan fingerprint density at radius 3 is 2.68 bits per heavy atom. The Morgan fingerprint density at radius 2 is 1.91 bits per heavy atom. The molecule has 1 amide bonds. The van der Waals surface area contributed by atoms with Gasteiger partial charge in [-0.3, -0.25) is 4.57 Å². The number of benzene rings is 1. The number of nitrogens with zero attached hydrogens (tertiary/aromatic N) is 1. The lowest BCUT2D eigenvalue weighted by molar-refractivity contribution is 0.0460. The molecule has 0 atom stereocenters. The maximum atomic E-state index is 11.8. The predicted octanol–water partition coefficient (Wildman–Crippen LogP) is 0.630. The summed E-state index contributed by atoms with van der Waals surface area (Å²) in [5, 5.41) is 10.6. The average molecular weight is 309 g/mol. The molecule has 0 spiro atoms. The van der Waals surface area contributed by atoms with Crippen LogP contribution in [-0.4, -0.2) is 53.7 Å². The number of H-pyrrole nitrogens is 1. The number of imidazole rings is 1. The smallest absolute Gasteiger partial charge is 0.404 e. The Morgan fingerprint density at radius 1 is 1.18 bits per heavy atom. The van der Waals surface area contributed by atoms with Gasteiger partial charge in [-0.2, -0.15) is 0 Å². The van der Waals surface area contributed by atoms with Gasteiger partial charge in [0.15, 0.2) is 0 Å². The van der Waals surface area contributed by atoms with Crippen LogP contribution in [0.3, 0.4) is 0 Å². The molecule has 0 unspecified atom stereocenters. The summed E-state index contributed by atoms with van der Waals surface area (Å²) in [5.41, 5.74) is 1.51. The first-order valence-corrected chi connectivity index (χ1v) is 6.98. The van der Waals surface area contributed by atoms with Crippen molar-refractivity contribution in [3.8, 4) is 0 Å². The standard InChI is InChI=1S/C14H19N3O5/c18-13-16-11-3-1-2-4-12(11)17(13)6-8-22-10-9-21-7-5-15-14(19)20/h1-4,15H,5-10H2,(H,16,18)(H,19,20). The molecular weight excluding hydrogens is 290 g/mol. The summed E-state index contributed by atoms with van der Waals surface area (Å²) in [5.74, 6) is 0. The third-order valence-corrected chi connectivity index (χ3v) is 3.04. The zero-order valence-corrected chi connectivity index (χ0v) is 12.1. The largest absolute Gasteiger partial charge is 0.465 e. The quantitative estimate of drug-likeness (QED) is 0.589. The first kappa shape index (κ1) is 16.1. The van der Waals surface area contributed by atoms with Crippen LogP contribution in [0.2, 0.25) is 0 Å². The van der Waals surface area contributed by atoms with Crippen molar-refractivity contribution in [1.29, 1.82) is 0 Å². The third-order valence-electron chi connectivity index (χ3n) is 3.04. The van der Waals surface area contributed by atoms with Crippen LogP contribution in [0, 0.1) is 0 Å². The van der Waals surface area contributed by atoms with Gasteiger partial charge in [-0.1, -0.05) is 12.1 Å². The maximum Gasteiger partial charge on any atom is 0.404 e. The van der Waals surface area contributed by atoms with Gasteiger partial charge in [0, 0.05) is 6.54 Å². The van der Waals surface area contributed by atoms with Crippen LogP contribution < -0.4 is 11.0 Å². The molecule has 0 bridgehead atoms. The fourth-order valence-corrected chi connectivity index (χ4v) is 2.04. The van der Waals surface area contributed by atoms with E-state index >= 15 is 0 Å². The Balaban J connectivity index is 1.63. The Kier molecular flexibility index (Phi) is 5.99. The fourth-order valence-electron chi connectivity index (χ4n) is 2.04. The fraction of sp³-hybridized carbons (Fsp3) is 0.429. The van der Waals surface area contributed by atoms with Gasteiger partial charge in [0.05, 0.1) is 44.0 Å². The zero-order valence-electron chi connectivity index (χ0n) is 12.1. The summed E-state index contributed by atoms with van der Waals surface area (Å²) in [6.45, 7) is 2.19. The third kappa shape index (κ3) is 4.61. The average Bonchev–Trinajstić information content (AvgIpc) is 2.81. The van der Waals surface area contributed by atoms with E-state index in [-0.39, 0.29) is 12.2 Å². The molecular formula is C14H19N3O5. The Labute approximate surface area is 126 Å². The van der Waals surface area contributed by atoms with Crippen molar-refractivity contribution in [2.24, 2.45) is 0 Å². The molecule has 3 N–H and O–H groups in total. The number of carbonyl (C=O) groups is 1. The first-order chi connectivity index (χ1) is 10.7. The monoisotopic (exact) mass is 309 g/mol. The van der Waals surface area contributed by atoms with Gasteiger partial charge >= 0.3 is 11.8 Å². The van der Waals surface area contributed by atoms with E-state index in [9.17, 15) is 9.59 Å². The summed E-state index contributed by atoms with van der Waals surface area (Å²) >= 11 is 0. The zero-order chi connectivity index (χ0) is 15.8. The number of para-hydroxylation sites is 2. The van der Waals surface area contributed by atoms with Crippen LogP contribution in [0.5, 0.6) is 0 Å². The molecule has 0 saturated carbocycles. The number of carboxylic acid groups (broad SMARTS) is 1. The van der Waals surface area contributed by atoms with Crippen LogP contribution in [-0.2, 0) is 16.0 Å². The summed E-state index contributed by atoms with van der Waals surface area (Å²) < 4.78 is 12.2. The van der Waals surface area contributed by atoms with E-state index in [2.05, 4.69) is 10.3 Å². The van der Waals surface area contributed by atoms with Crippen molar-refractivity contribution in [2.45, 2.75) is 6.54 Å². The van der Waals surface area contributed by atoms with E-state index in [0.29, 0.717) is 33.0 Å². The molecule has 8 heteroatoms. The molecule has 1 aromatic carbocycles. The molecule has 1 heterocycles. The van der Waals surface area contributed by atoms with E-state index in [4.69, 9.17) is 14.6 Å². The molecule has 8 nitrogen and oxygen atoms in total. The normalized spacial score (nSPS) is 10.9. The molecule has 0 radical (unpaired) electrons. The highest BCUT2D eigenvalue weighted by atomic mass is 16.5. The van der Waals surface area contributed by atoms with Gasteiger partial charge in [0.1, 0.15) is 0 Å². The van der Waals surface area contributed by atoms with Gasteiger partial charge < -0.3 is 24.9 Å². The number of hydrogen-bond donors (Lipinski definition) is 3. The summed E-state index contributed by atoms with van der Waals surface area (Å²) in [7, 11) is 0. The van der Waals surface area contributed by atoms with E-state index in [1.54, 1.807) is 4.57 Å². The van der Waals surface area contributed by atoms with Gasteiger partial charge in [-0.25, -0.2) is 9.59 Å². The summed E-state index contributed by atoms with van der Waals surface area (Å²) in [6, 6.07) is 7.49. The van der Waals surface area contributed by atoms with Crippen LogP contribution in [0.4, 0.5) is 4.79 Å².